The molecule has 0 aliphatic heterocycles. The van der Waals surface area contributed by atoms with E-state index in [0.717, 1.165) is 11.3 Å². The first-order chi connectivity index (χ1) is 13.2. The topological polar surface area (TPSA) is 108 Å². The van der Waals surface area contributed by atoms with Crippen LogP contribution in [-0.2, 0) is 20.7 Å². The highest BCUT2D eigenvalue weighted by molar-refractivity contribution is 5.81. The van der Waals surface area contributed by atoms with Gasteiger partial charge >= 0.3 is 12.1 Å². The number of carbonyl (C=O) groups is 2. The Labute approximate surface area is 166 Å². The lowest BCUT2D eigenvalue weighted by Crippen LogP contribution is -2.45. The lowest BCUT2D eigenvalue weighted by atomic mass is 10.1. The van der Waals surface area contributed by atoms with E-state index in [2.05, 4.69) is 5.32 Å². The van der Waals surface area contributed by atoms with Crippen molar-refractivity contribution in [2.24, 2.45) is 0 Å². The van der Waals surface area contributed by atoms with Crippen molar-refractivity contribution in [3.63, 3.8) is 0 Å². The molecule has 0 aliphatic carbocycles. The number of alkyl carbamates (subject to hydrolysis) is 1. The number of amides is 1. The molecule has 0 fully saturated rings. The Balaban J connectivity index is 2.87. The minimum absolute atomic E-state index is 0.0213. The highest BCUT2D eigenvalue weighted by Crippen LogP contribution is 2.16. The summed E-state index contributed by atoms with van der Waals surface area (Å²) in [4.78, 5) is 26.2. The molecule has 3 N–H and O–H groups in total. The molecule has 158 valence electrons. The molecule has 1 atom stereocenters. The molecule has 8 nitrogen and oxygen atoms in total. The van der Waals surface area contributed by atoms with Crippen LogP contribution >= 0.6 is 0 Å². The molecule has 0 aromatic heterocycles. The average Bonchev–Trinajstić information content (AvgIpc) is 2.60. The van der Waals surface area contributed by atoms with Gasteiger partial charge in [-0.1, -0.05) is 12.1 Å². The van der Waals surface area contributed by atoms with Crippen molar-refractivity contribution in [3.05, 3.63) is 29.8 Å². The largest absolute Gasteiger partial charge is 0.464 e. The Morgan fingerprint density at radius 3 is 2.14 bits per heavy atom. The van der Waals surface area contributed by atoms with Gasteiger partial charge in [-0.15, -0.1) is 0 Å². The van der Waals surface area contributed by atoms with Crippen LogP contribution in [0.25, 0.3) is 0 Å². The van der Waals surface area contributed by atoms with Gasteiger partial charge < -0.3 is 29.9 Å². The molecule has 0 saturated heterocycles. The van der Waals surface area contributed by atoms with Crippen molar-refractivity contribution < 1.29 is 29.3 Å². The zero-order chi connectivity index (χ0) is 21.2. The second-order valence-corrected chi connectivity index (χ2v) is 7.26. The second kappa shape index (κ2) is 11.5. The van der Waals surface area contributed by atoms with Gasteiger partial charge in [0.2, 0.25) is 0 Å². The third-order valence-electron chi connectivity index (χ3n) is 3.74. The highest BCUT2D eigenvalue weighted by Gasteiger charge is 2.25. The van der Waals surface area contributed by atoms with E-state index in [9.17, 15) is 9.59 Å². The van der Waals surface area contributed by atoms with Crippen molar-refractivity contribution in [1.29, 1.82) is 0 Å². The normalized spacial score (nSPS) is 12.2. The summed E-state index contributed by atoms with van der Waals surface area (Å²) in [6.45, 7) is 7.92. The molecule has 0 spiro atoms. The fourth-order valence-electron chi connectivity index (χ4n) is 2.58. The van der Waals surface area contributed by atoms with Crippen LogP contribution < -0.4 is 10.2 Å². The van der Waals surface area contributed by atoms with Crippen LogP contribution in [0.15, 0.2) is 24.3 Å². The van der Waals surface area contributed by atoms with Crippen molar-refractivity contribution >= 4 is 17.7 Å². The van der Waals surface area contributed by atoms with Crippen molar-refractivity contribution in [2.75, 3.05) is 37.8 Å². The predicted molar refractivity (Wildman–Crippen MR) is 106 cm³/mol. The third-order valence-corrected chi connectivity index (χ3v) is 3.74. The molecule has 0 heterocycles. The van der Waals surface area contributed by atoms with Crippen LogP contribution in [0.1, 0.15) is 33.3 Å². The number of aliphatic hydroxyl groups excluding tert-OH is 2. The maximum absolute atomic E-state index is 12.2. The molecule has 0 radical (unpaired) electrons. The molecule has 1 aromatic carbocycles. The van der Waals surface area contributed by atoms with Gasteiger partial charge in [0.15, 0.2) is 0 Å². The number of nitrogens with zero attached hydrogens (tertiary/aromatic N) is 1. The number of esters is 1. The first-order valence-electron chi connectivity index (χ1n) is 9.42. The summed E-state index contributed by atoms with van der Waals surface area (Å²) in [5.74, 6) is -0.528. The fourth-order valence-corrected chi connectivity index (χ4v) is 2.58. The summed E-state index contributed by atoms with van der Waals surface area (Å²) >= 11 is 0. The van der Waals surface area contributed by atoms with Crippen LogP contribution in [0, 0.1) is 0 Å². The van der Waals surface area contributed by atoms with Crippen LogP contribution in [-0.4, -0.2) is 66.8 Å². The minimum atomic E-state index is -0.869. The third kappa shape index (κ3) is 8.58. The van der Waals surface area contributed by atoms with Crippen LogP contribution in [0.2, 0.25) is 0 Å². The monoisotopic (exact) mass is 396 g/mol. The summed E-state index contributed by atoms with van der Waals surface area (Å²) in [5, 5.41) is 20.9. The van der Waals surface area contributed by atoms with E-state index in [1.807, 2.05) is 29.2 Å². The minimum Gasteiger partial charge on any atom is -0.464 e. The lowest BCUT2D eigenvalue weighted by Gasteiger charge is -2.24. The van der Waals surface area contributed by atoms with Crippen molar-refractivity contribution in [2.45, 2.75) is 45.8 Å². The van der Waals surface area contributed by atoms with E-state index in [0.29, 0.717) is 13.1 Å². The maximum atomic E-state index is 12.2. The molecule has 0 bridgehead atoms. The SMILES string of the molecule is CCOC(=O)[C@H](Cc1ccc(N(CCO)CCO)cc1)NC(=O)OC(C)(C)C. The maximum Gasteiger partial charge on any atom is 0.408 e. The number of aliphatic hydroxyl groups is 2. The molecule has 0 aliphatic rings. The Morgan fingerprint density at radius 2 is 1.68 bits per heavy atom. The van der Waals surface area contributed by atoms with E-state index in [-0.39, 0.29) is 26.2 Å². The van der Waals surface area contributed by atoms with Crippen LogP contribution in [0.4, 0.5) is 10.5 Å². The average molecular weight is 396 g/mol. The summed E-state index contributed by atoms with van der Waals surface area (Å²) in [7, 11) is 0. The first-order valence-corrected chi connectivity index (χ1v) is 9.42. The molecule has 28 heavy (non-hydrogen) atoms. The second-order valence-electron chi connectivity index (χ2n) is 7.26. The number of ether oxygens (including phenoxy) is 2. The Morgan fingerprint density at radius 1 is 1.11 bits per heavy atom. The number of benzene rings is 1. The number of rotatable bonds is 10. The molecule has 8 heteroatoms. The number of nitrogens with one attached hydrogen (secondary N) is 1. The van der Waals surface area contributed by atoms with Gasteiger partial charge in [-0.05, 0) is 45.4 Å². The molecule has 1 amide bonds. The van der Waals surface area contributed by atoms with Crippen molar-refractivity contribution in [1.82, 2.24) is 5.32 Å². The van der Waals surface area contributed by atoms with E-state index in [1.54, 1.807) is 27.7 Å². The van der Waals surface area contributed by atoms with Gasteiger partial charge in [-0.2, -0.15) is 0 Å². The number of hydrogen-bond acceptors (Lipinski definition) is 7. The number of carbonyl (C=O) groups excluding carboxylic acids is 2. The zero-order valence-corrected chi connectivity index (χ0v) is 17.1. The summed E-state index contributed by atoms with van der Waals surface area (Å²) in [6, 6.07) is 6.49. The van der Waals surface area contributed by atoms with Gasteiger partial charge in [0.05, 0.1) is 19.8 Å². The van der Waals surface area contributed by atoms with Crippen LogP contribution in [0.3, 0.4) is 0 Å². The quantitative estimate of drug-likeness (QED) is 0.514. The highest BCUT2D eigenvalue weighted by atomic mass is 16.6. The zero-order valence-electron chi connectivity index (χ0n) is 17.1. The standard InChI is InChI=1S/C20H32N2O6/c1-5-27-18(25)17(21-19(26)28-20(2,3)4)14-15-6-8-16(9-7-15)22(10-12-23)11-13-24/h6-9,17,23-24H,5,10-14H2,1-4H3,(H,21,26)/t17-/m0/s1. The van der Waals surface area contributed by atoms with Crippen LogP contribution in [0.5, 0.6) is 0 Å². The van der Waals surface area contributed by atoms with E-state index in [1.165, 1.54) is 0 Å². The molecule has 0 unspecified atom stereocenters. The van der Waals surface area contributed by atoms with Gasteiger partial charge in [0.1, 0.15) is 11.6 Å². The molecule has 1 rings (SSSR count). The van der Waals surface area contributed by atoms with Crippen molar-refractivity contribution in [3.8, 4) is 0 Å². The Hall–Kier alpha value is -2.32. The Kier molecular flexibility index (Phi) is 9.75. The van der Waals surface area contributed by atoms with E-state index < -0.39 is 23.7 Å². The summed E-state index contributed by atoms with van der Waals surface area (Å²) in [5.41, 5.74) is 0.999. The van der Waals surface area contributed by atoms with E-state index in [4.69, 9.17) is 19.7 Å². The predicted octanol–water partition coefficient (Wildman–Crippen LogP) is 1.48. The summed E-state index contributed by atoms with van der Waals surface area (Å²) < 4.78 is 10.3. The number of anilines is 1. The molecule has 0 saturated carbocycles. The van der Waals surface area contributed by atoms with Gasteiger partial charge in [0, 0.05) is 25.2 Å². The smallest absolute Gasteiger partial charge is 0.408 e. The molecular weight excluding hydrogens is 364 g/mol. The Bertz CT molecular complexity index is 606. The number of hydrogen-bond donors (Lipinski definition) is 3. The van der Waals surface area contributed by atoms with E-state index >= 15 is 0 Å². The fraction of sp³-hybridized carbons (Fsp3) is 0.600. The summed E-state index contributed by atoms with van der Waals surface area (Å²) in [6.07, 6.45) is -0.433. The molecule has 1 aromatic rings. The lowest BCUT2D eigenvalue weighted by molar-refractivity contribution is -0.145. The van der Waals surface area contributed by atoms with Gasteiger partial charge in [-0.25, -0.2) is 9.59 Å². The first kappa shape index (κ1) is 23.7. The van der Waals surface area contributed by atoms with Gasteiger partial charge in [-0.3, -0.25) is 0 Å². The van der Waals surface area contributed by atoms with Gasteiger partial charge in [0.25, 0.3) is 0 Å². The molecular formula is C20H32N2O6.